The van der Waals surface area contributed by atoms with Crippen molar-refractivity contribution in [1.82, 2.24) is 14.8 Å². The highest BCUT2D eigenvalue weighted by Crippen LogP contribution is 2.31. The van der Waals surface area contributed by atoms with Gasteiger partial charge in [-0.15, -0.1) is 0 Å². The molecule has 116 valence electrons. The number of ether oxygens (including phenoxy) is 2. The number of benzene rings is 1. The summed E-state index contributed by atoms with van der Waals surface area (Å²) in [5.74, 6) is 2.38. The first-order valence-corrected chi connectivity index (χ1v) is 8.09. The van der Waals surface area contributed by atoms with Crippen LogP contribution in [0.5, 0.6) is 0 Å². The molecule has 5 nitrogen and oxygen atoms in total. The standard InChI is InChI=1S/C17H21N3O2/c1-2-4-13(5-3-1)16-18-17(14-6-9-21-10-7-14)20(19-16)15-8-11-22-12-15/h1-5,14-15H,6-12H2. The maximum absolute atomic E-state index is 5.56. The summed E-state index contributed by atoms with van der Waals surface area (Å²) in [6.07, 6.45) is 3.08. The summed E-state index contributed by atoms with van der Waals surface area (Å²) in [6.45, 7) is 3.20. The Morgan fingerprint density at radius 2 is 1.73 bits per heavy atom. The van der Waals surface area contributed by atoms with Crippen molar-refractivity contribution >= 4 is 0 Å². The number of nitrogens with zero attached hydrogens (tertiary/aromatic N) is 3. The fraction of sp³-hybridized carbons (Fsp3) is 0.529. The quantitative estimate of drug-likeness (QED) is 0.874. The van der Waals surface area contributed by atoms with E-state index in [0.29, 0.717) is 12.0 Å². The highest BCUT2D eigenvalue weighted by molar-refractivity contribution is 5.54. The maximum Gasteiger partial charge on any atom is 0.181 e. The van der Waals surface area contributed by atoms with Gasteiger partial charge in [-0.05, 0) is 19.3 Å². The van der Waals surface area contributed by atoms with Crippen molar-refractivity contribution in [3.63, 3.8) is 0 Å². The molecule has 2 aromatic rings. The molecular weight excluding hydrogens is 278 g/mol. The molecule has 1 aromatic carbocycles. The van der Waals surface area contributed by atoms with E-state index in [2.05, 4.69) is 16.8 Å². The lowest BCUT2D eigenvalue weighted by Crippen LogP contribution is -2.21. The summed E-state index contributed by atoms with van der Waals surface area (Å²) in [7, 11) is 0. The molecule has 1 aromatic heterocycles. The van der Waals surface area contributed by atoms with Gasteiger partial charge in [0.1, 0.15) is 5.82 Å². The molecule has 0 saturated carbocycles. The highest BCUT2D eigenvalue weighted by Gasteiger charge is 2.28. The van der Waals surface area contributed by atoms with Crippen molar-refractivity contribution in [1.29, 1.82) is 0 Å². The molecule has 1 atom stereocenters. The first kappa shape index (κ1) is 13.9. The van der Waals surface area contributed by atoms with E-state index >= 15 is 0 Å². The zero-order chi connectivity index (χ0) is 14.8. The Balaban J connectivity index is 1.72. The van der Waals surface area contributed by atoms with Crippen molar-refractivity contribution in [3.05, 3.63) is 36.2 Å². The molecule has 0 amide bonds. The number of hydrogen-bond acceptors (Lipinski definition) is 4. The van der Waals surface area contributed by atoms with Gasteiger partial charge in [0.25, 0.3) is 0 Å². The molecular formula is C17H21N3O2. The summed E-state index contributed by atoms with van der Waals surface area (Å²) < 4.78 is 13.2. The predicted octanol–water partition coefficient (Wildman–Crippen LogP) is 2.80. The molecule has 2 fully saturated rings. The summed E-state index contributed by atoms with van der Waals surface area (Å²) >= 11 is 0. The van der Waals surface area contributed by atoms with Crippen LogP contribution in [0.25, 0.3) is 11.4 Å². The SMILES string of the molecule is c1ccc(-c2nc(C3CCOCC3)n(C3CCOC3)n2)cc1. The molecule has 0 N–H and O–H groups in total. The minimum atomic E-state index is 0.322. The van der Waals surface area contributed by atoms with E-state index < -0.39 is 0 Å². The molecule has 5 heteroatoms. The largest absolute Gasteiger partial charge is 0.381 e. The molecule has 2 aliphatic rings. The van der Waals surface area contributed by atoms with Gasteiger partial charge in [0.2, 0.25) is 0 Å². The van der Waals surface area contributed by atoms with Crippen LogP contribution in [0.4, 0.5) is 0 Å². The van der Waals surface area contributed by atoms with Crippen LogP contribution in [-0.2, 0) is 9.47 Å². The number of aromatic nitrogens is 3. The second kappa shape index (κ2) is 6.18. The third kappa shape index (κ3) is 2.66. The lowest BCUT2D eigenvalue weighted by molar-refractivity contribution is 0.0819. The van der Waals surface area contributed by atoms with Crippen LogP contribution in [-0.4, -0.2) is 41.2 Å². The van der Waals surface area contributed by atoms with Gasteiger partial charge in [-0.2, -0.15) is 5.10 Å². The van der Waals surface area contributed by atoms with Gasteiger partial charge in [0.05, 0.1) is 12.6 Å². The first-order valence-electron chi connectivity index (χ1n) is 8.09. The van der Waals surface area contributed by atoms with Gasteiger partial charge in [-0.3, -0.25) is 0 Å². The molecule has 4 rings (SSSR count). The molecule has 3 heterocycles. The summed E-state index contributed by atoms with van der Waals surface area (Å²) in [4.78, 5) is 4.89. The molecule has 0 spiro atoms. The zero-order valence-electron chi connectivity index (χ0n) is 12.6. The van der Waals surface area contributed by atoms with Gasteiger partial charge in [-0.1, -0.05) is 30.3 Å². The number of rotatable bonds is 3. The van der Waals surface area contributed by atoms with E-state index in [-0.39, 0.29) is 0 Å². The summed E-state index contributed by atoms with van der Waals surface area (Å²) in [6, 6.07) is 10.5. The lowest BCUT2D eigenvalue weighted by atomic mass is 9.99. The van der Waals surface area contributed by atoms with Gasteiger partial charge in [-0.25, -0.2) is 9.67 Å². The topological polar surface area (TPSA) is 49.2 Å². The second-order valence-corrected chi connectivity index (χ2v) is 6.01. The van der Waals surface area contributed by atoms with Crippen LogP contribution < -0.4 is 0 Å². The fourth-order valence-corrected chi connectivity index (χ4v) is 3.26. The lowest BCUT2D eigenvalue weighted by Gasteiger charge is -2.23. The van der Waals surface area contributed by atoms with Crippen molar-refractivity contribution in [3.8, 4) is 11.4 Å². The van der Waals surface area contributed by atoms with E-state index in [0.717, 1.165) is 62.9 Å². The third-order valence-electron chi connectivity index (χ3n) is 4.53. The van der Waals surface area contributed by atoms with E-state index in [9.17, 15) is 0 Å². The van der Waals surface area contributed by atoms with Gasteiger partial charge in [0.15, 0.2) is 5.82 Å². The Morgan fingerprint density at radius 1 is 0.955 bits per heavy atom. The second-order valence-electron chi connectivity index (χ2n) is 6.01. The molecule has 0 aliphatic carbocycles. The smallest absolute Gasteiger partial charge is 0.181 e. The van der Waals surface area contributed by atoms with Crippen LogP contribution in [0.15, 0.2) is 30.3 Å². The van der Waals surface area contributed by atoms with E-state index in [1.807, 2.05) is 18.2 Å². The highest BCUT2D eigenvalue weighted by atomic mass is 16.5. The monoisotopic (exact) mass is 299 g/mol. The Kier molecular flexibility index (Phi) is 3.91. The molecule has 0 bridgehead atoms. The van der Waals surface area contributed by atoms with Crippen LogP contribution in [0.3, 0.4) is 0 Å². The zero-order valence-corrected chi connectivity index (χ0v) is 12.6. The van der Waals surface area contributed by atoms with Crippen molar-refractivity contribution in [2.24, 2.45) is 0 Å². The maximum atomic E-state index is 5.56. The van der Waals surface area contributed by atoms with E-state index in [1.165, 1.54) is 0 Å². The van der Waals surface area contributed by atoms with Crippen LogP contribution in [0.2, 0.25) is 0 Å². The molecule has 2 saturated heterocycles. The van der Waals surface area contributed by atoms with Gasteiger partial charge < -0.3 is 9.47 Å². The van der Waals surface area contributed by atoms with Gasteiger partial charge >= 0.3 is 0 Å². The van der Waals surface area contributed by atoms with E-state index in [4.69, 9.17) is 19.6 Å². The Bertz CT molecular complexity index is 614. The minimum absolute atomic E-state index is 0.322. The Labute approximate surface area is 130 Å². The summed E-state index contributed by atoms with van der Waals surface area (Å²) in [5.41, 5.74) is 1.08. The Hall–Kier alpha value is -1.72. The average Bonchev–Trinajstić information content (AvgIpc) is 3.26. The van der Waals surface area contributed by atoms with Crippen LogP contribution >= 0.6 is 0 Å². The molecule has 1 unspecified atom stereocenters. The van der Waals surface area contributed by atoms with E-state index in [1.54, 1.807) is 0 Å². The average molecular weight is 299 g/mol. The van der Waals surface area contributed by atoms with Crippen molar-refractivity contribution < 1.29 is 9.47 Å². The summed E-state index contributed by atoms with van der Waals surface area (Å²) in [5, 5.41) is 4.82. The normalized spacial score (nSPS) is 23.0. The van der Waals surface area contributed by atoms with Crippen LogP contribution in [0, 0.1) is 0 Å². The van der Waals surface area contributed by atoms with Crippen molar-refractivity contribution in [2.45, 2.75) is 31.2 Å². The molecule has 0 radical (unpaired) electrons. The first-order chi connectivity index (χ1) is 10.9. The molecule has 22 heavy (non-hydrogen) atoms. The predicted molar refractivity (Wildman–Crippen MR) is 82.7 cm³/mol. The third-order valence-corrected chi connectivity index (χ3v) is 4.53. The number of hydrogen-bond donors (Lipinski definition) is 0. The fourth-order valence-electron chi connectivity index (χ4n) is 3.26. The van der Waals surface area contributed by atoms with Crippen LogP contribution in [0.1, 0.15) is 37.0 Å². The van der Waals surface area contributed by atoms with Crippen molar-refractivity contribution in [2.75, 3.05) is 26.4 Å². The molecule has 2 aliphatic heterocycles. The minimum Gasteiger partial charge on any atom is -0.381 e. The Morgan fingerprint density at radius 3 is 2.45 bits per heavy atom. The van der Waals surface area contributed by atoms with Gasteiger partial charge in [0, 0.05) is 31.3 Å².